The Hall–Kier alpha value is -1.45. The number of benzene rings is 2. The van der Waals surface area contributed by atoms with Crippen molar-refractivity contribution in [3.8, 4) is 0 Å². The highest BCUT2D eigenvalue weighted by Gasteiger charge is 2.22. The lowest BCUT2D eigenvalue weighted by Gasteiger charge is -2.22. The summed E-state index contributed by atoms with van der Waals surface area (Å²) >= 11 is 0. The van der Waals surface area contributed by atoms with Gasteiger partial charge in [0.2, 0.25) is 0 Å². The first-order valence-electron chi connectivity index (χ1n) is 10.0. The van der Waals surface area contributed by atoms with E-state index in [0.29, 0.717) is 29.9 Å². The molecule has 0 saturated heterocycles. The summed E-state index contributed by atoms with van der Waals surface area (Å²) in [5, 5.41) is 10.5. The van der Waals surface area contributed by atoms with Crippen LogP contribution in [0.5, 0.6) is 0 Å². The molecular formula is C24H34O2S. The smallest absolute Gasteiger partial charge is 0.0799 e. The van der Waals surface area contributed by atoms with Gasteiger partial charge in [-0.25, -0.2) is 0 Å². The van der Waals surface area contributed by atoms with Crippen molar-refractivity contribution in [3.05, 3.63) is 64.7 Å². The Bertz CT molecular complexity index is 734. The zero-order valence-corrected chi connectivity index (χ0v) is 18.3. The highest BCUT2D eigenvalue weighted by atomic mass is 32.2. The summed E-state index contributed by atoms with van der Waals surface area (Å²) < 4.78 is 13.3. The molecule has 2 nitrogen and oxygen atoms in total. The topological polar surface area (TPSA) is 37.3 Å². The third-order valence-electron chi connectivity index (χ3n) is 5.07. The largest absolute Gasteiger partial charge is 0.388 e. The van der Waals surface area contributed by atoms with Crippen molar-refractivity contribution >= 4 is 10.8 Å². The molecule has 0 amide bonds. The van der Waals surface area contributed by atoms with Crippen molar-refractivity contribution in [3.63, 3.8) is 0 Å². The number of aliphatic hydroxyl groups is 1. The Morgan fingerprint density at radius 3 is 1.78 bits per heavy atom. The Labute approximate surface area is 167 Å². The summed E-state index contributed by atoms with van der Waals surface area (Å²) in [5.74, 6) is 1.55. The quantitative estimate of drug-likeness (QED) is 0.579. The van der Waals surface area contributed by atoms with Gasteiger partial charge in [0, 0.05) is 10.6 Å². The Kier molecular flexibility index (Phi) is 7.81. The predicted molar refractivity (Wildman–Crippen MR) is 116 cm³/mol. The van der Waals surface area contributed by atoms with Gasteiger partial charge in [-0.15, -0.1) is 0 Å². The van der Waals surface area contributed by atoms with Gasteiger partial charge in [0.15, 0.2) is 0 Å². The van der Waals surface area contributed by atoms with Gasteiger partial charge in [0.1, 0.15) is 0 Å². The molecule has 0 heterocycles. The summed E-state index contributed by atoms with van der Waals surface area (Å²) in [7, 11) is -1.12. The van der Waals surface area contributed by atoms with E-state index in [1.807, 2.05) is 30.3 Å². The summed E-state index contributed by atoms with van der Waals surface area (Å²) in [5.41, 5.74) is 4.58. The van der Waals surface area contributed by atoms with Gasteiger partial charge < -0.3 is 5.11 Å². The fourth-order valence-corrected chi connectivity index (χ4v) is 5.07. The van der Waals surface area contributed by atoms with Crippen LogP contribution >= 0.6 is 0 Å². The number of aliphatic hydroxyl groups excluding tert-OH is 1. The fraction of sp³-hybridized carbons (Fsp3) is 0.500. The Morgan fingerprint density at radius 1 is 0.815 bits per heavy atom. The van der Waals surface area contributed by atoms with E-state index in [1.165, 1.54) is 16.7 Å². The average Bonchev–Trinajstić information content (AvgIpc) is 2.65. The molecule has 0 bridgehead atoms. The van der Waals surface area contributed by atoms with Crippen molar-refractivity contribution in [1.82, 2.24) is 0 Å². The van der Waals surface area contributed by atoms with E-state index in [9.17, 15) is 9.32 Å². The van der Waals surface area contributed by atoms with Gasteiger partial charge in [-0.05, 0) is 46.4 Å². The van der Waals surface area contributed by atoms with Gasteiger partial charge in [-0.3, -0.25) is 4.21 Å². The van der Waals surface area contributed by atoms with Crippen molar-refractivity contribution in [2.75, 3.05) is 5.75 Å². The lowest BCUT2D eigenvalue weighted by Crippen LogP contribution is -2.12. The second-order valence-corrected chi connectivity index (χ2v) is 9.76. The van der Waals surface area contributed by atoms with Crippen molar-refractivity contribution < 1.29 is 9.32 Å². The van der Waals surface area contributed by atoms with E-state index < -0.39 is 16.9 Å². The van der Waals surface area contributed by atoms with Gasteiger partial charge in [-0.1, -0.05) is 84.0 Å². The molecule has 3 heteroatoms. The molecule has 0 aromatic heterocycles. The van der Waals surface area contributed by atoms with E-state index in [-0.39, 0.29) is 0 Å². The number of rotatable bonds is 8. The van der Waals surface area contributed by atoms with E-state index in [2.05, 4.69) is 53.7 Å². The molecule has 1 N–H and O–H groups in total. The van der Waals surface area contributed by atoms with Gasteiger partial charge >= 0.3 is 0 Å². The normalized spacial score (nSPS) is 14.1. The summed E-state index contributed by atoms with van der Waals surface area (Å²) in [6.45, 7) is 13.1. The van der Waals surface area contributed by atoms with E-state index in [4.69, 9.17) is 0 Å². The van der Waals surface area contributed by atoms with Crippen LogP contribution in [-0.2, 0) is 10.8 Å². The number of hydrogen-bond donors (Lipinski definition) is 1. The van der Waals surface area contributed by atoms with Crippen molar-refractivity contribution in [2.24, 2.45) is 0 Å². The molecule has 0 radical (unpaired) electrons. The molecule has 2 atom stereocenters. The molecule has 0 unspecified atom stereocenters. The molecule has 0 aliphatic carbocycles. The van der Waals surface area contributed by atoms with E-state index >= 15 is 0 Å². The lowest BCUT2D eigenvalue weighted by molar-refractivity contribution is 0.174. The first-order chi connectivity index (χ1) is 12.7. The monoisotopic (exact) mass is 386 g/mol. The van der Waals surface area contributed by atoms with Crippen LogP contribution in [0.1, 0.15) is 94.1 Å². The van der Waals surface area contributed by atoms with Crippen molar-refractivity contribution in [1.29, 1.82) is 0 Å². The van der Waals surface area contributed by atoms with E-state index in [0.717, 1.165) is 10.5 Å². The highest BCUT2D eigenvalue weighted by Crippen LogP contribution is 2.35. The summed E-state index contributed by atoms with van der Waals surface area (Å²) in [6.07, 6.45) is -0.0763. The van der Waals surface area contributed by atoms with Crippen LogP contribution < -0.4 is 0 Å². The standard InChI is InChI=1S/C24H34O2S/c1-16(2)20-14-21(17(3)4)24(22(15-20)18(5)6)27(26)13-12-23(25)19-10-8-7-9-11-19/h7-11,14-18,23,25H,12-13H2,1-6H3/t23-,27-/m0/s1. The van der Waals surface area contributed by atoms with Crippen LogP contribution in [0.4, 0.5) is 0 Å². The van der Waals surface area contributed by atoms with Crippen LogP contribution in [0.25, 0.3) is 0 Å². The Balaban J connectivity index is 2.33. The first kappa shape index (κ1) is 21.8. The molecule has 0 saturated carbocycles. The first-order valence-corrected chi connectivity index (χ1v) is 11.3. The van der Waals surface area contributed by atoms with Gasteiger partial charge in [-0.2, -0.15) is 0 Å². The SMILES string of the molecule is CC(C)c1cc(C(C)C)c([S@@](=O)CC[C@H](O)c2ccccc2)c(C(C)C)c1. The average molecular weight is 387 g/mol. The lowest BCUT2D eigenvalue weighted by atomic mass is 9.89. The van der Waals surface area contributed by atoms with E-state index in [1.54, 1.807) is 0 Å². The molecule has 0 spiro atoms. The fourth-order valence-electron chi connectivity index (χ4n) is 3.32. The summed E-state index contributed by atoms with van der Waals surface area (Å²) in [6, 6.07) is 14.1. The van der Waals surface area contributed by atoms with Gasteiger partial charge in [0.05, 0.1) is 16.9 Å². The molecule has 27 heavy (non-hydrogen) atoms. The zero-order valence-electron chi connectivity index (χ0n) is 17.5. The number of hydrogen-bond acceptors (Lipinski definition) is 2. The minimum absolute atomic E-state index is 0.319. The molecular weight excluding hydrogens is 352 g/mol. The molecule has 2 rings (SSSR count). The molecule has 0 fully saturated rings. The van der Waals surface area contributed by atoms with Crippen LogP contribution in [0, 0.1) is 0 Å². The second-order valence-electron chi connectivity index (χ2n) is 8.26. The highest BCUT2D eigenvalue weighted by molar-refractivity contribution is 7.85. The van der Waals surface area contributed by atoms with Gasteiger partial charge in [0.25, 0.3) is 0 Å². The van der Waals surface area contributed by atoms with Crippen LogP contribution in [0.2, 0.25) is 0 Å². The molecule has 148 valence electrons. The third kappa shape index (κ3) is 5.52. The zero-order chi connectivity index (χ0) is 20.1. The second kappa shape index (κ2) is 9.66. The Morgan fingerprint density at radius 2 is 1.33 bits per heavy atom. The predicted octanol–water partition coefficient (Wildman–Crippen LogP) is 6.29. The third-order valence-corrected chi connectivity index (χ3v) is 6.60. The summed E-state index contributed by atoms with van der Waals surface area (Å²) in [4.78, 5) is 0.990. The van der Waals surface area contributed by atoms with Crippen LogP contribution in [0.3, 0.4) is 0 Å². The molecule has 2 aromatic carbocycles. The molecule has 2 aromatic rings. The maximum absolute atomic E-state index is 13.3. The maximum atomic E-state index is 13.3. The van der Waals surface area contributed by atoms with Crippen LogP contribution in [0.15, 0.2) is 47.4 Å². The minimum atomic E-state index is -1.12. The van der Waals surface area contributed by atoms with Crippen LogP contribution in [-0.4, -0.2) is 15.1 Å². The minimum Gasteiger partial charge on any atom is -0.388 e. The molecule has 0 aliphatic heterocycles. The maximum Gasteiger partial charge on any atom is 0.0799 e. The van der Waals surface area contributed by atoms with Crippen molar-refractivity contribution in [2.45, 2.75) is 76.7 Å². The molecule has 0 aliphatic rings.